The zero-order chi connectivity index (χ0) is 22.2. The van der Waals surface area contributed by atoms with Gasteiger partial charge in [0.1, 0.15) is 0 Å². The van der Waals surface area contributed by atoms with Gasteiger partial charge in [-0.25, -0.2) is 4.98 Å². The molecule has 0 aliphatic carbocycles. The van der Waals surface area contributed by atoms with Crippen LogP contribution in [0.25, 0.3) is 16.2 Å². The van der Waals surface area contributed by atoms with Crippen LogP contribution in [0.1, 0.15) is 55.7 Å². The van der Waals surface area contributed by atoms with Gasteiger partial charge in [-0.1, -0.05) is 63.1 Å². The van der Waals surface area contributed by atoms with Crippen LogP contribution in [0.15, 0.2) is 73.2 Å². The summed E-state index contributed by atoms with van der Waals surface area (Å²) < 4.78 is 3.63. The summed E-state index contributed by atoms with van der Waals surface area (Å²) in [6.07, 6.45) is 13.2. The SMILES string of the molecule is CCCC=Cc1cc2cc(N(CCCC)Cc3cncn3Cc3ccccc3)ccc2s1. The molecule has 0 saturated heterocycles. The first-order chi connectivity index (χ1) is 15.8. The lowest BCUT2D eigenvalue weighted by molar-refractivity contribution is 0.672. The predicted octanol–water partition coefficient (Wildman–Crippen LogP) is 7.77. The third kappa shape index (κ3) is 5.68. The van der Waals surface area contributed by atoms with Crippen LogP contribution in [-0.4, -0.2) is 16.1 Å². The third-order valence-electron chi connectivity index (χ3n) is 5.75. The van der Waals surface area contributed by atoms with Gasteiger partial charge in [0.05, 0.1) is 18.6 Å². The van der Waals surface area contributed by atoms with Crippen LogP contribution in [0.3, 0.4) is 0 Å². The van der Waals surface area contributed by atoms with Gasteiger partial charge in [-0.2, -0.15) is 0 Å². The maximum absolute atomic E-state index is 4.46. The number of unbranched alkanes of at least 4 members (excludes halogenated alkanes) is 2. The van der Waals surface area contributed by atoms with E-state index in [4.69, 9.17) is 0 Å². The van der Waals surface area contributed by atoms with Gasteiger partial charge in [-0.05, 0) is 54.1 Å². The van der Waals surface area contributed by atoms with E-state index in [1.807, 2.05) is 23.9 Å². The quantitative estimate of drug-likeness (QED) is 0.236. The predicted molar refractivity (Wildman–Crippen MR) is 139 cm³/mol. The van der Waals surface area contributed by atoms with E-state index in [-0.39, 0.29) is 0 Å². The average Bonchev–Trinajstić information content (AvgIpc) is 3.43. The van der Waals surface area contributed by atoms with E-state index >= 15 is 0 Å². The van der Waals surface area contributed by atoms with Crippen LogP contribution < -0.4 is 4.90 Å². The Balaban J connectivity index is 1.56. The summed E-state index contributed by atoms with van der Waals surface area (Å²) >= 11 is 1.88. The van der Waals surface area contributed by atoms with Crippen LogP contribution in [0, 0.1) is 0 Å². The smallest absolute Gasteiger partial charge is 0.0951 e. The topological polar surface area (TPSA) is 21.1 Å². The van der Waals surface area contributed by atoms with E-state index in [9.17, 15) is 0 Å². The number of aromatic nitrogens is 2. The highest BCUT2D eigenvalue weighted by atomic mass is 32.1. The van der Waals surface area contributed by atoms with Gasteiger partial charge in [0, 0.05) is 34.6 Å². The molecule has 0 bridgehead atoms. The van der Waals surface area contributed by atoms with Crippen molar-refractivity contribution in [3.05, 3.63) is 89.3 Å². The van der Waals surface area contributed by atoms with Crippen molar-refractivity contribution in [2.75, 3.05) is 11.4 Å². The molecule has 4 heteroatoms. The van der Waals surface area contributed by atoms with Crippen molar-refractivity contribution in [2.45, 2.75) is 52.6 Å². The Hall–Kier alpha value is -2.85. The van der Waals surface area contributed by atoms with E-state index in [0.717, 1.165) is 26.1 Å². The van der Waals surface area contributed by atoms with E-state index in [1.54, 1.807) is 0 Å². The van der Waals surface area contributed by atoms with Crippen LogP contribution in [0.5, 0.6) is 0 Å². The Morgan fingerprint density at radius 2 is 1.91 bits per heavy atom. The Morgan fingerprint density at radius 3 is 2.72 bits per heavy atom. The highest BCUT2D eigenvalue weighted by Gasteiger charge is 2.12. The highest BCUT2D eigenvalue weighted by molar-refractivity contribution is 7.19. The van der Waals surface area contributed by atoms with Gasteiger partial charge >= 0.3 is 0 Å². The average molecular weight is 444 g/mol. The number of thiophene rings is 1. The van der Waals surface area contributed by atoms with Gasteiger partial charge in [-0.3, -0.25) is 0 Å². The first-order valence-electron chi connectivity index (χ1n) is 11.7. The van der Waals surface area contributed by atoms with Gasteiger partial charge in [0.25, 0.3) is 0 Å². The fourth-order valence-corrected chi connectivity index (χ4v) is 4.92. The van der Waals surface area contributed by atoms with Crippen LogP contribution in [0.2, 0.25) is 0 Å². The Morgan fingerprint density at radius 1 is 1.03 bits per heavy atom. The zero-order valence-corrected chi connectivity index (χ0v) is 20.0. The lowest BCUT2D eigenvalue weighted by Gasteiger charge is -2.25. The van der Waals surface area contributed by atoms with Gasteiger partial charge in [0.2, 0.25) is 0 Å². The van der Waals surface area contributed by atoms with E-state index < -0.39 is 0 Å². The first kappa shape index (κ1) is 22.3. The van der Waals surface area contributed by atoms with Crippen LogP contribution >= 0.6 is 11.3 Å². The summed E-state index contributed by atoms with van der Waals surface area (Å²) in [4.78, 5) is 8.31. The second-order valence-electron chi connectivity index (χ2n) is 8.34. The molecular weight excluding hydrogens is 410 g/mol. The first-order valence-corrected chi connectivity index (χ1v) is 12.6. The summed E-state index contributed by atoms with van der Waals surface area (Å²) in [5.41, 5.74) is 3.84. The minimum atomic E-state index is 0.856. The molecule has 0 amide bonds. The molecule has 0 radical (unpaired) electrons. The second-order valence-corrected chi connectivity index (χ2v) is 9.45. The van der Waals surface area contributed by atoms with E-state index in [0.29, 0.717) is 0 Å². The summed E-state index contributed by atoms with van der Waals surface area (Å²) in [5, 5.41) is 1.34. The molecule has 0 aliphatic rings. The Labute approximate surface area is 196 Å². The molecule has 2 aromatic heterocycles. The Kier molecular flexibility index (Phi) is 7.78. The molecule has 0 spiro atoms. The van der Waals surface area contributed by atoms with Crippen molar-refractivity contribution in [3.8, 4) is 0 Å². The standard InChI is InChI=1S/C28H33N3S/c1-3-5-8-13-27-18-24-17-25(14-15-28(24)32-27)30(16-6-4-2)21-26-19-29-22-31(26)20-23-11-9-7-10-12-23/h7-15,17-19,22H,3-6,16,20-21H2,1-2H3. The highest BCUT2D eigenvalue weighted by Crippen LogP contribution is 2.31. The molecular formula is C28H33N3S. The van der Waals surface area contributed by atoms with Crippen molar-refractivity contribution in [1.82, 2.24) is 9.55 Å². The maximum atomic E-state index is 4.46. The molecule has 0 saturated carbocycles. The van der Waals surface area contributed by atoms with Crippen molar-refractivity contribution >= 4 is 33.2 Å². The molecule has 2 heterocycles. The number of hydrogen-bond acceptors (Lipinski definition) is 3. The fraction of sp³-hybridized carbons (Fsp3) is 0.321. The van der Waals surface area contributed by atoms with Crippen molar-refractivity contribution in [1.29, 1.82) is 0 Å². The van der Waals surface area contributed by atoms with Crippen LogP contribution in [0.4, 0.5) is 5.69 Å². The molecule has 0 atom stereocenters. The molecule has 166 valence electrons. The molecule has 3 nitrogen and oxygen atoms in total. The number of anilines is 1. The summed E-state index contributed by atoms with van der Waals surface area (Å²) in [5.74, 6) is 0. The monoisotopic (exact) mass is 443 g/mol. The molecule has 2 aromatic carbocycles. The number of benzene rings is 2. The van der Waals surface area contributed by atoms with Crippen molar-refractivity contribution < 1.29 is 0 Å². The summed E-state index contributed by atoms with van der Waals surface area (Å²) in [7, 11) is 0. The van der Waals surface area contributed by atoms with E-state index in [1.165, 1.54) is 51.2 Å². The van der Waals surface area contributed by atoms with Crippen molar-refractivity contribution in [2.24, 2.45) is 0 Å². The van der Waals surface area contributed by atoms with Gasteiger partial charge in [0.15, 0.2) is 0 Å². The number of nitrogens with zero attached hydrogens (tertiary/aromatic N) is 3. The molecule has 4 rings (SSSR count). The number of allylic oxidation sites excluding steroid dienone is 1. The minimum absolute atomic E-state index is 0.856. The Bertz CT molecular complexity index is 1140. The van der Waals surface area contributed by atoms with Gasteiger partial charge in [-0.15, -0.1) is 11.3 Å². The molecule has 4 aromatic rings. The largest absolute Gasteiger partial charge is 0.366 e. The molecule has 0 N–H and O–H groups in total. The fourth-order valence-electron chi connectivity index (χ4n) is 3.94. The van der Waals surface area contributed by atoms with E-state index in [2.05, 4.69) is 95.0 Å². The van der Waals surface area contributed by atoms with Gasteiger partial charge < -0.3 is 9.47 Å². The lowest BCUT2D eigenvalue weighted by atomic mass is 10.2. The lowest BCUT2D eigenvalue weighted by Crippen LogP contribution is -2.25. The number of hydrogen-bond donors (Lipinski definition) is 0. The number of rotatable bonds is 11. The summed E-state index contributed by atoms with van der Waals surface area (Å²) in [6.45, 7) is 7.25. The minimum Gasteiger partial charge on any atom is -0.366 e. The van der Waals surface area contributed by atoms with Crippen molar-refractivity contribution in [3.63, 3.8) is 0 Å². The third-order valence-corrected chi connectivity index (χ3v) is 6.83. The summed E-state index contributed by atoms with van der Waals surface area (Å²) in [6, 6.07) is 19.9. The number of imidazole rings is 1. The normalized spacial score (nSPS) is 11.6. The number of fused-ring (bicyclic) bond motifs is 1. The molecule has 0 fully saturated rings. The molecule has 32 heavy (non-hydrogen) atoms. The zero-order valence-electron chi connectivity index (χ0n) is 19.2. The maximum Gasteiger partial charge on any atom is 0.0951 e. The van der Waals surface area contributed by atoms with Crippen LogP contribution in [-0.2, 0) is 13.1 Å². The second kappa shape index (κ2) is 11.1. The molecule has 0 aliphatic heterocycles. The molecule has 0 unspecified atom stereocenters.